The third-order valence-electron chi connectivity index (χ3n) is 3.03. The summed E-state index contributed by atoms with van der Waals surface area (Å²) in [7, 11) is 0. The van der Waals surface area contributed by atoms with Crippen LogP contribution < -0.4 is 10.6 Å². The van der Waals surface area contributed by atoms with Crippen LogP contribution in [0, 0.1) is 6.92 Å². The number of aryl methyl sites for hydroxylation is 1. The second-order valence-electron chi connectivity index (χ2n) is 5.07. The standard InChI is InChI=1S/C15H14N6O4/c1-9-6-11(20-24-9)18-13(22)7-12-19-15(25-21-12)14(23)17-8-10-4-2-3-5-16-10/h2-6H,7-8H2,1H3,(H,17,23)(H,18,20,22). The highest BCUT2D eigenvalue weighted by molar-refractivity contribution is 5.91. The molecule has 10 nitrogen and oxygen atoms in total. The Morgan fingerprint density at radius 3 is 2.80 bits per heavy atom. The van der Waals surface area contributed by atoms with Gasteiger partial charge in [0.1, 0.15) is 5.76 Å². The van der Waals surface area contributed by atoms with Crippen molar-refractivity contribution in [1.82, 2.24) is 25.6 Å². The molecule has 3 heterocycles. The molecule has 0 aliphatic carbocycles. The smallest absolute Gasteiger partial charge is 0.315 e. The summed E-state index contributed by atoms with van der Waals surface area (Å²) in [6.07, 6.45) is 1.46. The van der Waals surface area contributed by atoms with Crippen LogP contribution in [0.3, 0.4) is 0 Å². The van der Waals surface area contributed by atoms with E-state index in [0.29, 0.717) is 17.3 Å². The lowest BCUT2D eigenvalue weighted by Gasteiger charge is -2.00. The maximum atomic E-state index is 12.0. The van der Waals surface area contributed by atoms with Gasteiger partial charge >= 0.3 is 11.8 Å². The zero-order chi connectivity index (χ0) is 17.6. The van der Waals surface area contributed by atoms with Crippen LogP contribution in [0.15, 0.2) is 39.5 Å². The van der Waals surface area contributed by atoms with Crippen molar-refractivity contribution in [3.05, 3.63) is 53.6 Å². The fraction of sp³-hybridized carbons (Fsp3) is 0.200. The molecule has 3 aromatic rings. The number of hydrogen-bond donors (Lipinski definition) is 2. The minimum Gasteiger partial charge on any atom is -0.360 e. The summed E-state index contributed by atoms with van der Waals surface area (Å²) < 4.78 is 9.70. The number of aromatic nitrogens is 4. The van der Waals surface area contributed by atoms with Crippen LogP contribution in [-0.2, 0) is 17.8 Å². The van der Waals surface area contributed by atoms with Gasteiger partial charge in [0.25, 0.3) is 0 Å². The highest BCUT2D eigenvalue weighted by atomic mass is 16.5. The molecule has 25 heavy (non-hydrogen) atoms. The number of nitrogens with one attached hydrogen (secondary N) is 2. The normalized spacial score (nSPS) is 10.4. The van der Waals surface area contributed by atoms with Crippen LogP contribution in [-0.4, -0.2) is 32.1 Å². The molecule has 2 amide bonds. The van der Waals surface area contributed by atoms with E-state index in [4.69, 9.17) is 9.05 Å². The second-order valence-corrected chi connectivity index (χ2v) is 5.07. The number of rotatable bonds is 6. The zero-order valence-electron chi connectivity index (χ0n) is 13.2. The first-order valence-corrected chi connectivity index (χ1v) is 7.34. The number of hydrogen-bond acceptors (Lipinski definition) is 8. The Balaban J connectivity index is 1.52. The Morgan fingerprint density at radius 2 is 2.08 bits per heavy atom. The quantitative estimate of drug-likeness (QED) is 0.673. The van der Waals surface area contributed by atoms with Crippen molar-refractivity contribution in [3.8, 4) is 0 Å². The summed E-state index contributed by atoms with van der Waals surface area (Å²) >= 11 is 0. The molecule has 0 unspecified atom stereocenters. The Hall–Kier alpha value is -3.56. The van der Waals surface area contributed by atoms with E-state index in [1.165, 1.54) is 0 Å². The number of carbonyl (C=O) groups is 2. The van der Waals surface area contributed by atoms with E-state index in [9.17, 15) is 9.59 Å². The molecule has 0 aliphatic rings. The van der Waals surface area contributed by atoms with Crippen LogP contribution in [0.4, 0.5) is 5.82 Å². The zero-order valence-corrected chi connectivity index (χ0v) is 13.2. The van der Waals surface area contributed by atoms with Gasteiger partial charge in [-0.15, -0.1) is 0 Å². The molecule has 0 aliphatic heterocycles. The van der Waals surface area contributed by atoms with Gasteiger partial charge in [0.15, 0.2) is 11.6 Å². The Kier molecular flexibility index (Phi) is 4.79. The van der Waals surface area contributed by atoms with Crippen LogP contribution in [0.2, 0.25) is 0 Å². The largest absolute Gasteiger partial charge is 0.360 e. The molecule has 128 valence electrons. The van der Waals surface area contributed by atoms with Gasteiger partial charge < -0.3 is 19.7 Å². The monoisotopic (exact) mass is 342 g/mol. The van der Waals surface area contributed by atoms with Crippen molar-refractivity contribution >= 4 is 17.6 Å². The van der Waals surface area contributed by atoms with Crippen LogP contribution >= 0.6 is 0 Å². The van der Waals surface area contributed by atoms with E-state index >= 15 is 0 Å². The molecule has 0 bridgehead atoms. The molecule has 0 atom stereocenters. The number of pyridine rings is 1. The summed E-state index contributed by atoms with van der Waals surface area (Å²) in [5, 5.41) is 12.4. The average molecular weight is 342 g/mol. The Morgan fingerprint density at radius 1 is 1.20 bits per heavy atom. The summed E-state index contributed by atoms with van der Waals surface area (Å²) in [4.78, 5) is 31.8. The summed E-state index contributed by atoms with van der Waals surface area (Å²) in [6, 6.07) is 6.94. The Bertz CT molecular complexity index is 873. The van der Waals surface area contributed by atoms with Crippen LogP contribution in [0.25, 0.3) is 0 Å². The van der Waals surface area contributed by atoms with E-state index in [2.05, 4.69) is 30.9 Å². The van der Waals surface area contributed by atoms with Crippen molar-refractivity contribution < 1.29 is 18.6 Å². The fourth-order valence-corrected chi connectivity index (χ4v) is 1.92. The SMILES string of the molecule is Cc1cc(NC(=O)Cc2noc(C(=O)NCc3ccccn3)n2)no1. The number of anilines is 1. The van der Waals surface area contributed by atoms with Crippen molar-refractivity contribution in [3.63, 3.8) is 0 Å². The molecule has 0 radical (unpaired) electrons. The van der Waals surface area contributed by atoms with Gasteiger partial charge in [-0.3, -0.25) is 14.6 Å². The lowest BCUT2D eigenvalue weighted by molar-refractivity contribution is -0.115. The molecule has 0 saturated heterocycles. The second kappa shape index (κ2) is 7.34. The van der Waals surface area contributed by atoms with Gasteiger partial charge in [-0.1, -0.05) is 16.4 Å². The molecule has 0 aromatic carbocycles. The maximum absolute atomic E-state index is 12.0. The van der Waals surface area contributed by atoms with Crippen molar-refractivity contribution in [1.29, 1.82) is 0 Å². The van der Waals surface area contributed by atoms with Crippen LogP contribution in [0.5, 0.6) is 0 Å². The number of amides is 2. The van der Waals surface area contributed by atoms with Crippen molar-refractivity contribution in [2.24, 2.45) is 0 Å². The van der Waals surface area contributed by atoms with E-state index in [1.807, 2.05) is 6.07 Å². The molecule has 10 heteroatoms. The molecule has 2 N–H and O–H groups in total. The van der Waals surface area contributed by atoms with Gasteiger partial charge in [0.05, 0.1) is 18.7 Å². The van der Waals surface area contributed by atoms with E-state index in [0.717, 1.165) is 0 Å². The molecule has 3 aromatic heterocycles. The third-order valence-corrected chi connectivity index (χ3v) is 3.03. The fourth-order valence-electron chi connectivity index (χ4n) is 1.92. The van der Waals surface area contributed by atoms with Crippen molar-refractivity contribution in [2.45, 2.75) is 19.9 Å². The maximum Gasteiger partial charge on any atom is 0.315 e. The van der Waals surface area contributed by atoms with E-state index in [1.54, 1.807) is 31.3 Å². The third kappa shape index (κ3) is 4.47. The predicted octanol–water partition coefficient (Wildman–Crippen LogP) is 0.872. The minimum absolute atomic E-state index is 0.0840. The predicted molar refractivity (Wildman–Crippen MR) is 83.3 cm³/mol. The van der Waals surface area contributed by atoms with Gasteiger partial charge in [-0.05, 0) is 19.1 Å². The average Bonchev–Trinajstić information content (AvgIpc) is 3.22. The van der Waals surface area contributed by atoms with Crippen LogP contribution in [0.1, 0.15) is 28.0 Å². The molecule has 0 fully saturated rings. The van der Waals surface area contributed by atoms with Crippen molar-refractivity contribution in [2.75, 3.05) is 5.32 Å². The number of carbonyl (C=O) groups excluding carboxylic acids is 2. The van der Waals surface area contributed by atoms with E-state index < -0.39 is 11.8 Å². The molecule has 3 rings (SSSR count). The first-order valence-electron chi connectivity index (χ1n) is 7.34. The molecular formula is C15H14N6O4. The summed E-state index contributed by atoms with van der Waals surface area (Å²) in [5.74, 6) is -0.232. The van der Waals surface area contributed by atoms with Gasteiger partial charge in [-0.2, -0.15) is 4.98 Å². The molecular weight excluding hydrogens is 328 g/mol. The molecule has 0 spiro atoms. The summed E-state index contributed by atoms with van der Waals surface area (Å²) in [6.45, 7) is 1.93. The first kappa shape index (κ1) is 16.3. The first-order chi connectivity index (χ1) is 12.1. The lowest BCUT2D eigenvalue weighted by Crippen LogP contribution is -2.23. The number of nitrogens with zero attached hydrogens (tertiary/aromatic N) is 4. The minimum atomic E-state index is -0.545. The highest BCUT2D eigenvalue weighted by Gasteiger charge is 2.17. The Labute approximate surface area is 141 Å². The van der Waals surface area contributed by atoms with Gasteiger partial charge in [0, 0.05) is 12.3 Å². The van der Waals surface area contributed by atoms with Gasteiger partial charge in [0.2, 0.25) is 5.91 Å². The molecule has 0 saturated carbocycles. The lowest BCUT2D eigenvalue weighted by atomic mass is 10.3. The van der Waals surface area contributed by atoms with E-state index in [-0.39, 0.29) is 24.7 Å². The topological polar surface area (TPSA) is 136 Å². The van der Waals surface area contributed by atoms with Gasteiger partial charge in [-0.25, -0.2) is 0 Å². The highest BCUT2D eigenvalue weighted by Crippen LogP contribution is 2.08. The summed E-state index contributed by atoms with van der Waals surface area (Å²) in [5.41, 5.74) is 0.692.